The van der Waals surface area contributed by atoms with E-state index >= 15 is 0 Å². The number of nitrogens with zero attached hydrogens (tertiary/aromatic N) is 3. The van der Waals surface area contributed by atoms with Crippen LogP contribution >= 0.6 is 0 Å². The molecule has 2 N–H and O–H groups in total. The Hall–Kier alpha value is -4.00. The minimum Gasteiger partial charge on any atom is -0.424 e. The number of benzene rings is 2. The van der Waals surface area contributed by atoms with E-state index < -0.39 is 6.09 Å². The summed E-state index contributed by atoms with van der Waals surface area (Å²) in [6.45, 7) is 0. The molecule has 0 bridgehead atoms. The molecular weight excluding hydrogens is 344 g/mol. The molecule has 0 saturated carbocycles. The number of ether oxygens (including phenoxy) is 2. The van der Waals surface area contributed by atoms with Crippen LogP contribution in [0.1, 0.15) is 0 Å². The average molecular weight is 358 g/mol. The predicted molar refractivity (Wildman–Crippen MR) is 99.5 cm³/mol. The van der Waals surface area contributed by atoms with Crippen LogP contribution in [-0.4, -0.2) is 21.0 Å². The Morgan fingerprint density at radius 3 is 2.78 bits per heavy atom. The van der Waals surface area contributed by atoms with Crippen molar-refractivity contribution in [3.8, 4) is 28.6 Å². The van der Waals surface area contributed by atoms with Gasteiger partial charge in [-0.15, -0.1) is 0 Å². The molecule has 1 amide bonds. The van der Waals surface area contributed by atoms with Crippen molar-refractivity contribution < 1.29 is 14.3 Å². The highest BCUT2D eigenvalue weighted by atomic mass is 16.5. The van der Waals surface area contributed by atoms with Crippen LogP contribution in [0.3, 0.4) is 0 Å². The summed E-state index contributed by atoms with van der Waals surface area (Å²) in [4.78, 5) is 23.7. The highest BCUT2D eigenvalue weighted by Crippen LogP contribution is 2.34. The minimum atomic E-state index is -0.865. The highest BCUT2D eigenvalue weighted by molar-refractivity contribution is 5.77. The van der Waals surface area contributed by atoms with Crippen LogP contribution < -0.4 is 15.2 Å². The zero-order chi connectivity index (χ0) is 18.6. The second-order valence-corrected chi connectivity index (χ2v) is 5.63. The van der Waals surface area contributed by atoms with Crippen molar-refractivity contribution in [1.29, 1.82) is 0 Å². The Morgan fingerprint density at radius 1 is 1.00 bits per heavy atom. The number of hydrogen-bond donors (Lipinski definition) is 1. The topological polar surface area (TPSA) is 100 Å². The van der Waals surface area contributed by atoms with Gasteiger partial charge < -0.3 is 15.2 Å². The fraction of sp³-hybridized carbons (Fsp3) is 0. The summed E-state index contributed by atoms with van der Waals surface area (Å²) in [6, 6.07) is 16.5. The van der Waals surface area contributed by atoms with Crippen molar-refractivity contribution in [2.45, 2.75) is 0 Å². The molecule has 0 radical (unpaired) electrons. The lowest BCUT2D eigenvalue weighted by Gasteiger charge is -2.11. The van der Waals surface area contributed by atoms with E-state index in [0.717, 1.165) is 22.0 Å². The largest absolute Gasteiger partial charge is 0.424 e. The quantitative estimate of drug-likeness (QED) is 0.593. The van der Waals surface area contributed by atoms with Crippen LogP contribution in [-0.2, 0) is 0 Å². The maximum Gasteiger partial charge on any atom is 0.409 e. The predicted octanol–water partition coefficient (Wildman–Crippen LogP) is 3.94. The maximum atomic E-state index is 11.0. The fourth-order valence-electron chi connectivity index (χ4n) is 2.64. The van der Waals surface area contributed by atoms with Crippen LogP contribution in [0.25, 0.3) is 22.0 Å². The lowest BCUT2D eigenvalue weighted by molar-refractivity contribution is 0.211. The fourth-order valence-corrected chi connectivity index (χ4v) is 2.64. The van der Waals surface area contributed by atoms with E-state index in [9.17, 15) is 4.79 Å². The second-order valence-electron chi connectivity index (χ2n) is 5.63. The van der Waals surface area contributed by atoms with Gasteiger partial charge in [-0.05, 0) is 29.8 Å². The van der Waals surface area contributed by atoms with Gasteiger partial charge in [0.1, 0.15) is 11.5 Å². The third-order valence-electron chi connectivity index (χ3n) is 3.81. The molecule has 27 heavy (non-hydrogen) atoms. The minimum absolute atomic E-state index is 0.227. The van der Waals surface area contributed by atoms with E-state index in [0.29, 0.717) is 11.5 Å². The molecule has 0 aliphatic heterocycles. The number of amides is 1. The normalized spacial score (nSPS) is 10.5. The monoisotopic (exact) mass is 358 g/mol. The van der Waals surface area contributed by atoms with E-state index in [1.165, 1.54) is 0 Å². The van der Waals surface area contributed by atoms with Crippen molar-refractivity contribution in [2.24, 2.45) is 5.73 Å². The molecule has 2 aromatic carbocycles. The first-order chi connectivity index (χ1) is 13.2. The van der Waals surface area contributed by atoms with Gasteiger partial charge in [0.05, 0.1) is 5.52 Å². The smallest absolute Gasteiger partial charge is 0.409 e. The molecule has 4 rings (SSSR count). The molecule has 7 nitrogen and oxygen atoms in total. The SMILES string of the molecule is NC(=O)Oc1cccc(-c2ccccc2Oc2ncc3cnccc3n2)c1. The van der Waals surface area contributed by atoms with E-state index in [1.54, 1.807) is 42.9 Å². The first-order valence-electron chi connectivity index (χ1n) is 8.10. The molecule has 2 heterocycles. The summed E-state index contributed by atoms with van der Waals surface area (Å²) >= 11 is 0. The molecule has 0 fully saturated rings. The molecule has 4 aromatic rings. The van der Waals surface area contributed by atoms with Crippen LogP contribution in [0.15, 0.2) is 73.2 Å². The molecule has 0 unspecified atom stereocenters. The number of primary amides is 1. The molecule has 7 heteroatoms. The Labute approximate surface area is 154 Å². The number of fused-ring (bicyclic) bond motifs is 1. The van der Waals surface area contributed by atoms with Gasteiger partial charge in [0.15, 0.2) is 0 Å². The van der Waals surface area contributed by atoms with Gasteiger partial charge in [0.2, 0.25) is 0 Å². The van der Waals surface area contributed by atoms with Gasteiger partial charge in [0, 0.05) is 29.5 Å². The Kier molecular flexibility index (Phi) is 4.32. The van der Waals surface area contributed by atoms with Crippen LogP contribution in [0, 0.1) is 0 Å². The number of para-hydroxylation sites is 1. The molecule has 2 aromatic heterocycles. The van der Waals surface area contributed by atoms with Gasteiger partial charge in [-0.2, -0.15) is 4.98 Å². The summed E-state index contributed by atoms with van der Waals surface area (Å²) in [5.41, 5.74) is 7.42. The average Bonchev–Trinajstić information content (AvgIpc) is 2.68. The van der Waals surface area contributed by atoms with Gasteiger partial charge in [-0.3, -0.25) is 4.98 Å². The lowest BCUT2D eigenvalue weighted by Crippen LogP contribution is -2.16. The zero-order valence-corrected chi connectivity index (χ0v) is 14.1. The lowest BCUT2D eigenvalue weighted by atomic mass is 10.0. The van der Waals surface area contributed by atoms with Gasteiger partial charge in [-0.25, -0.2) is 9.78 Å². The van der Waals surface area contributed by atoms with E-state index in [1.807, 2.05) is 30.3 Å². The number of carbonyl (C=O) groups excluding carboxylic acids is 1. The zero-order valence-electron chi connectivity index (χ0n) is 14.1. The summed E-state index contributed by atoms with van der Waals surface area (Å²) in [6.07, 6.45) is 4.15. The number of nitrogens with two attached hydrogens (primary N) is 1. The third-order valence-corrected chi connectivity index (χ3v) is 3.81. The van der Waals surface area contributed by atoms with Crippen LogP contribution in [0.2, 0.25) is 0 Å². The standard InChI is InChI=1S/C20H14N4O3/c21-19(25)26-15-5-3-4-13(10-15)16-6-1-2-7-18(16)27-20-23-12-14-11-22-9-8-17(14)24-20/h1-12H,(H2,21,25). The maximum absolute atomic E-state index is 11.0. The van der Waals surface area contributed by atoms with Crippen LogP contribution in [0.5, 0.6) is 17.5 Å². The summed E-state index contributed by atoms with van der Waals surface area (Å²) in [7, 11) is 0. The molecule has 0 spiro atoms. The highest BCUT2D eigenvalue weighted by Gasteiger charge is 2.10. The molecule has 0 atom stereocenters. The van der Waals surface area contributed by atoms with Crippen molar-refractivity contribution in [1.82, 2.24) is 15.0 Å². The molecule has 0 aliphatic rings. The number of rotatable bonds is 4. The third kappa shape index (κ3) is 3.67. The van der Waals surface area contributed by atoms with E-state index in [2.05, 4.69) is 15.0 Å². The number of pyridine rings is 1. The first-order valence-corrected chi connectivity index (χ1v) is 8.10. The molecule has 0 saturated heterocycles. The summed E-state index contributed by atoms with van der Waals surface area (Å²) in [5.74, 6) is 0.923. The number of carbonyl (C=O) groups is 1. The first kappa shape index (κ1) is 16.5. The van der Waals surface area contributed by atoms with Crippen LogP contribution in [0.4, 0.5) is 4.79 Å². The molecule has 0 aliphatic carbocycles. The summed E-state index contributed by atoms with van der Waals surface area (Å²) < 4.78 is 10.9. The van der Waals surface area contributed by atoms with Crippen molar-refractivity contribution in [3.05, 3.63) is 73.2 Å². The Balaban J connectivity index is 1.69. The van der Waals surface area contributed by atoms with E-state index in [-0.39, 0.29) is 6.01 Å². The van der Waals surface area contributed by atoms with Gasteiger partial charge in [0.25, 0.3) is 0 Å². The molecule has 132 valence electrons. The second kappa shape index (κ2) is 7.09. The number of aromatic nitrogens is 3. The number of hydrogen-bond acceptors (Lipinski definition) is 6. The summed E-state index contributed by atoms with van der Waals surface area (Å²) in [5, 5.41) is 0.828. The van der Waals surface area contributed by atoms with Gasteiger partial charge >= 0.3 is 12.1 Å². The molecular formula is C20H14N4O3. The Bertz CT molecular complexity index is 1130. The van der Waals surface area contributed by atoms with E-state index in [4.69, 9.17) is 15.2 Å². The van der Waals surface area contributed by atoms with Crippen molar-refractivity contribution in [2.75, 3.05) is 0 Å². The van der Waals surface area contributed by atoms with Crippen molar-refractivity contribution >= 4 is 17.0 Å². The Morgan fingerprint density at radius 2 is 1.89 bits per heavy atom. The van der Waals surface area contributed by atoms with Gasteiger partial charge in [-0.1, -0.05) is 30.3 Å². The van der Waals surface area contributed by atoms with Crippen molar-refractivity contribution in [3.63, 3.8) is 0 Å².